The maximum absolute atomic E-state index is 10.4. The Morgan fingerprint density at radius 2 is 2.05 bits per heavy atom. The van der Waals surface area contributed by atoms with Crippen molar-refractivity contribution in [1.29, 1.82) is 0 Å². The van der Waals surface area contributed by atoms with Crippen LogP contribution in [0.15, 0.2) is 30.5 Å². The average Bonchev–Trinajstić information content (AvgIpc) is 2.46. The summed E-state index contributed by atoms with van der Waals surface area (Å²) in [7, 11) is 0. The van der Waals surface area contributed by atoms with E-state index in [9.17, 15) is 10.2 Å². The second-order valence-electron chi connectivity index (χ2n) is 5.26. The molecule has 0 bridgehead atoms. The van der Waals surface area contributed by atoms with Gasteiger partial charge in [-0.2, -0.15) is 0 Å². The van der Waals surface area contributed by atoms with Gasteiger partial charge in [-0.3, -0.25) is 0 Å². The fraction of sp³-hybridized carbons (Fsp3) is 0.400. The molecule has 0 spiro atoms. The number of phenolic OH excluding ortho intramolecular Hbond substituents is 1. The summed E-state index contributed by atoms with van der Waals surface area (Å²) in [5, 5.41) is 25.1. The average molecular weight is 274 g/mol. The van der Waals surface area contributed by atoms with E-state index >= 15 is 0 Å². The molecule has 0 atom stereocenters. The van der Waals surface area contributed by atoms with Crippen molar-refractivity contribution >= 4 is 16.6 Å². The Bertz CT molecular complexity index is 609. The quantitative estimate of drug-likeness (QED) is 0.797. The Morgan fingerprint density at radius 3 is 2.85 bits per heavy atom. The molecule has 0 radical (unpaired) electrons. The van der Waals surface area contributed by atoms with Crippen LogP contribution in [0.3, 0.4) is 0 Å². The number of fused-ring (bicyclic) bond motifs is 1. The normalized spacial score (nSPS) is 18.1. The smallest absolute Gasteiger partial charge is 0.134 e. The van der Waals surface area contributed by atoms with E-state index in [-0.39, 0.29) is 5.75 Å². The molecule has 3 N–H and O–H groups in total. The first-order valence-corrected chi connectivity index (χ1v) is 6.78. The lowest BCUT2D eigenvalue weighted by atomic mass is 9.94. The van der Waals surface area contributed by atoms with Gasteiger partial charge in [-0.1, -0.05) is 6.07 Å². The highest BCUT2D eigenvalue weighted by atomic mass is 16.5. The summed E-state index contributed by atoms with van der Waals surface area (Å²) in [6, 6.07) is 7.07. The molecule has 3 rings (SSSR count). The van der Waals surface area contributed by atoms with E-state index in [0.29, 0.717) is 38.4 Å². The number of hydrogen-bond acceptors (Lipinski definition) is 5. The van der Waals surface area contributed by atoms with Gasteiger partial charge in [0.1, 0.15) is 11.6 Å². The predicted octanol–water partition coefficient (Wildman–Crippen LogP) is 1.89. The van der Waals surface area contributed by atoms with Gasteiger partial charge in [0.25, 0.3) is 0 Å². The molecule has 1 fully saturated rings. The molecule has 5 heteroatoms. The Balaban J connectivity index is 1.82. The van der Waals surface area contributed by atoms with E-state index in [1.54, 1.807) is 18.3 Å². The molecule has 0 unspecified atom stereocenters. The molecular weight excluding hydrogens is 256 g/mol. The molecule has 20 heavy (non-hydrogen) atoms. The van der Waals surface area contributed by atoms with Crippen molar-refractivity contribution in [2.24, 2.45) is 0 Å². The topological polar surface area (TPSA) is 74.6 Å². The minimum Gasteiger partial charge on any atom is -0.508 e. The molecule has 2 aromatic rings. The lowest BCUT2D eigenvalue weighted by Crippen LogP contribution is -2.42. The van der Waals surface area contributed by atoms with Crippen molar-refractivity contribution in [2.45, 2.75) is 18.4 Å². The van der Waals surface area contributed by atoms with Crippen LogP contribution < -0.4 is 5.32 Å². The van der Waals surface area contributed by atoms with E-state index in [0.717, 1.165) is 10.8 Å². The highest BCUT2D eigenvalue weighted by molar-refractivity contribution is 5.92. The van der Waals surface area contributed by atoms with Crippen LogP contribution >= 0.6 is 0 Å². The zero-order valence-electron chi connectivity index (χ0n) is 11.2. The van der Waals surface area contributed by atoms with Gasteiger partial charge in [0, 0.05) is 44.2 Å². The minimum atomic E-state index is -0.751. The Morgan fingerprint density at radius 1 is 1.25 bits per heavy atom. The molecular formula is C15H18N2O3. The zero-order chi connectivity index (χ0) is 14.0. The number of aromatic nitrogens is 1. The first-order valence-electron chi connectivity index (χ1n) is 6.78. The van der Waals surface area contributed by atoms with Crippen LogP contribution in [-0.4, -0.2) is 40.6 Å². The van der Waals surface area contributed by atoms with E-state index < -0.39 is 5.60 Å². The van der Waals surface area contributed by atoms with Crippen LogP contribution in [0, 0.1) is 0 Å². The monoisotopic (exact) mass is 274 g/mol. The standard InChI is InChI=1S/C15H18N2O3/c18-12-2-1-11-3-6-16-14(13(11)9-12)17-10-15(19)4-7-20-8-5-15/h1-3,6,9,18-19H,4-5,7-8,10H2,(H,16,17). The van der Waals surface area contributed by atoms with E-state index in [2.05, 4.69) is 10.3 Å². The lowest BCUT2D eigenvalue weighted by molar-refractivity contribution is -0.0543. The third kappa shape index (κ3) is 2.69. The number of pyridine rings is 1. The second-order valence-corrected chi connectivity index (χ2v) is 5.26. The van der Waals surface area contributed by atoms with Crippen molar-refractivity contribution < 1.29 is 14.9 Å². The second kappa shape index (κ2) is 5.26. The van der Waals surface area contributed by atoms with E-state index in [1.165, 1.54) is 0 Å². The highest BCUT2D eigenvalue weighted by Gasteiger charge is 2.29. The number of aliphatic hydroxyl groups is 1. The SMILES string of the molecule is Oc1ccc2ccnc(NCC3(O)CCOCC3)c2c1. The number of rotatable bonds is 3. The number of benzene rings is 1. The first kappa shape index (κ1) is 13.1. The molecule has 0 aliphatic carbocycles. The van der Waals surface area contributed by atoms with Gasteiger partial charge in [0.2, 0.25) is 0 Å². The van der Waals surface area contributed by atoms with Crippen molar-refractivity contribution in [1.82, 2.24) is 4.98 Å². The van der Waals surface area contributed by atoms with Crippen LogP contribution in [0.2, 0.25) is 0 Å². The maximum Gasteiger partial charge on any atom is 0.134 e. The number of anilines is 1. The molecule has 1 aromatic heterocycles. The Hall–Kier alpha value is -1.85. The summed E-state index contributed by atoms with van der Waals surface area (Å²) in [5.74, 6) is 0.886. The molecule has 0 amide bonds. The molecule has 106 valence electrons. The number of nitrogens with zero attached hydrogens (tertiary/aromatic N) is 1. The largest absolute Gasteiger partial charge is 0.508 e. The van der Waals surface area contributed by atoms with Gasteiger partial charge in [0.15, 0.2) is 0 Å². The van der Waals surface area contributed by atoms with Gasteiger partial charge in [-0.15, -0.1) is 0 Å². The molecule has 1 aliphatic rings. The summed E-state index contributed by atoms with van der Waals surface area (Å²) in [4.78, 5) is 4.30. The van der Waals surface area contributed by atoms with E-state index in [4.69, 9.17) is 4.74 Å². The van der Waals surface area contributed by atoms with Gasteiger partial charge < -0.3 is 20.3 Å². The van der Waals surface area contributed by atoms with Gasteiger partial charge >= 0.3 is 0 Å². The summed E-state index contributed by atoms with van der Waals surface area (Å²) in [6.07, 6.45) is 2.96. The van der Waals surface area contributed by atoms with Gasteiger partial charge in [0.05, 0.1) is 5.60 Å². The van der Waals surface area contributed by atoms with Crippen molar-refractivity contribution in [3.8, 4) is 5.75 Å². The molecule has 1 saturated heterocycles. The molecule has 2 heterocycles. The van der Waals surface area contributed by atoms with Crippen LogP contribution in [0.1, 0.15) is 12.8 Å². The number of nitrogens with one attached hydrogen (secondary N) is 1. The lowest BCUT2D eigenvalue weighted by Gasteiger charge is -2.32. The zero-order valence-corrected chi connectivity index (χ0v) is 11.2. The minimum absolute atomic E-state index is 0.207. The van der Waals surface area contributed by atoms with Crippen molar-refractivity contribution in [3.63, 3.8) is 0 Å². The number of aromatic hydroxyl groups is 1. The highest BCUT2D eigenvalue weighted by Crippen LogP contribution is 2.27. The van der Waals surface area contributed by atoms with Gasteiger partial charge in [-0.25, -0.2) is 4.98 Å². The van der Waals surface area contributed by atoms with E-state index in [1.807, 2.05) is 12.1 Å². The third-order valence-electron chi connectivity index (χ3n) is 3.76. The number of phenols is 1. The Labute approximate surface area is 117 Å². The molecule has 1 aliphatic heterocycles. The number of ether oxygens (including phenoxy) is 1. The number of hydrogen-bond donors (Lipinski definition) is 3. The van der Waals surface area contributed by atoms with Crippen LogP contribution in [0.5, 0.6) is 5.75 Å². The maximum atomic E-state index is 10.4. The first-order chi connectivity index (χ1) is 9.66. The predicted molar refractivity (Wildman–Crippen MR) is 76.9 cm³/mol. The van der Waals surface area contributed by atoms with Crippen LogP contribution in [0.4, 0.5) is 5.82 Å². The Kier molecular flexibility index (Phi) is 3.46. The third-order valence-corrected chi connectivity index (χ3v) is 3.76. The van der Waals surface area contributed by atoms with Gasteiger partial charge in [-0.05, 0) is 23.6 Å². The molecule has 1 aromatic carbocycles. The molecule has 5 nitrogen and oxygen atoms in total. The fourth-order valence-corrected chi connectivity index (χ4v) is 2.47. The van der Waals surface area contributed by atoms with Crippen LogP contribution in [-0.2, 0) is 4.74 Å². The van der Waals surface area contributed by atoms with Crippen molar-refractivity contribution in [2.75, 3.05) is 25.1 Å². The molecule has 0 saturated carbocycles. The summed E-state index contributed by atoms with van der Waals surface area (Å²) < 4.78 is 5.27. The summed E-state index contributed by atoms with van der Waals surface area (Å²) in [6.45, 7) is 1.60. The summed E-state index contributed by atoms with van der Waals surface area (Å²) >= 11 is 0. The van der Waals surface area contributed by atoms with Crippen LogP contribution in [0.25, 0.3) is 10.8 Å². The summed E-state index contributed by atoms with van der Waals surface area (Å²) in [5.41, 5.74) is -0.751. The fourth-order valence-electron chi connectivity index (χ4n) is 2.47. The van der Waals surface area contributed by atoms with Crippen molar-refractivity contribution in [3.05, 3.63) is 30.5 Å².